The van der Waals surface area contributed by atoms with E-state index in [4.69, 9.17) is 16.3 Å². The molecule has 0 bridgehead atoms. The standard InChI is InChI=1S/C12H12ClN3O3/c1-2-15-8-10(7-14-15)19-12-4-3-9(6-13)5-11(12)16(17)18/h3-5,7-8H,2,6H2,1H3. The fourth-order valence-corrected chi connectivity index (χ4v) is 1.74. The zero-order chi connectivity index (χ0) is 13.8. The number of aryl methyl sites for hydroxylation is 1. The average molecular weight is 282 g/mol. The van der Waals surface area contributed by atoms with Crippen molar-refractivity contribution in [3.05, 3.63) is 46.3 Å². The Labute approximate surface area is 114 Å². The molecule has 0 aliphatic rings. The van der Waals surface area contributed by atoms with E-state index >= 15 is 0 Å². The summed E-state index contributed by atoms with van der Waals surface area (Å²) >= 11 is 5.66. The number of alkyl halides is 1. The van der Waals surface area contributed by atoms with Crippen LogP contribution in [0.3, 0.4) is 0 Å². The fraction of sp³-hybridized carbons (Fsp3) is 0.250. The molecule has 0 atom stereocenters. The number of nitro benzene ring substituents is 1. The number of nitro groups is 1. The van der Waals surface area contributed by atoms with Gasteiger partial charge in [0, 0.05) is 18.5 Å². The van der Waals surface area contributed by atoms with Crippen molar-refractivity contribution in [3.63, 3.8) is 0 Å². The Morgan fingerprint density at radius 2 is 2.32 bits per heavy atom. The monoisotopic (exact) mass is 281 g/mol. The lowest BCUT2D eigenvalue weighted by Crippen LogP contribution is -1.95. The SMILES string of the molecule is CCn1cc(Oc2ccc(CCl)cc2[N+](=O)[O-])cn1. The molecule has 19 heavy (non-hydrogen) atoms. The molecule has 1 heterocycles. The van der Waals surface area contributed by atoms with E-state index in [2.05, 4.69) is 5.10 Å². The Morgan fingerprint density at radius 3 is 2.89 bits per heavy atom. The molecule has 1 aromatic heterocycles. The molecule has 0 fully saturated rings. The van der Waals surface area contributed by atoms with Crippen molar-refractivity contribution < 1.29 is 9.66 Å². The molecule has 7 heteroatoms. The minimum atomic E-state index is -0.490. The molecule has 0 unspecified atom stereocenters. The van der Waals surface area contributed by atoms with E-state index in [0.29, 0.717) is 17.9 Å². The largest absolute Gasteiger partial charge is 0.447 e. The van der Waals surface area contributed by atoms with Crippen molar-refractivity contribution in [2.24, 2.45) is 0 Å². The van der Waals surface area contributed by atoms with Crippen LogP contribution in [-0.2, 0) is 12.4 Å². The third-order valence-corrected chi connectivity index (χ3v) is 2.84. The highest BCUT2D eigenvalue weighted by Crippen LogP contribution is 2.32. The molecular formula is C12H12ClN3O3. The van der Waals surface area contributed by atoms with Gasteiger partial charge < -0.3 is 4.74 Å². The van der Waals surface area contributed by atoms with E-state index in [0.717, 1.165) is 0 Å². The van der Waals surface area contributed by atoms with Crippen LogP contribution >= 0.6 is 11.6 Å². The average Bonchev–Trinajstić information content (AvgIpc) is 2.86. The molecule has 0 amide bonds. The maximum absolute atomic E-state index is 11.0. The van der Waals surface area contributed by atoms with E-state index in [-0.39, 0.29) is 17.3 Å². The molecule has 1 aromatic carbocycles. The summed E-state index contributed by atoms with van der Waals surface area (Å²) < 4.78 is 7.16. The topological polar surface area (TPSA) is 70.2 Å². The van der Waals surface area contributed by atoms with Crippen LogP contribution in [0.5, 0.6) is 11.5 Å². The van der Waals surface area contributed by atoms with Crippen molar-refractivity contribution in [3.8, 4) is 11.5 Å². The number of ether oxygens (including phenoxy) is 1. The van der Waals surface area contributed by atoms with Gasteiger partial charge in [-0.1, -0.05) is 6.07 Å². The Balaban J connectivity index is 2.31. The summed E-state index contributed by atoms with van der Waals surface area (Å²) in [7, 11) is 0. The highest BCUT2D eigenvalue weighted by atomic mass is 35.5. The van der Waals surface area contributed by atoms with E-state index in [9.17, 15) is 10.1 Å². The summed E-state index contributed by atoms with van der Waals surface area (Å²) in [5.41, 5.74) is 0.562. The Morgan fingerprint density at radius 1 is 1.53 bits per heavy atom. The van der Waals surface area contributed by atoms with Crippen molar-refractivity contribution in [2.45, 2.75) is 19.3 Å². The van der Waals surface area contributed by atoms with Crippen LogP contribution in [-0.4, -0.2) is 14.7 Å². The van der Waals surface area contributed by atoms with Gasteiger partial charge in [0.05, 0.1) is 17.3 Å². The normalized spacial score (nSPS) is 10.4. The molecule has 6 nitrogen and oxygen atoms in total. The lowest BCUT2D eigenvalue weighted by atomic mass is 10.2. The van der Waals surface area contributed by atoms with Crippen LogP contribution < -0.4 is 4.74 Å². The van der Waals surface area contributed by atoms with Gasteiger partial charge in [-0.25, -0.2) is 0 Å². The van der Waals surface area contributed by atoms with Crippen LogP contribution in [0.15, 0.2) is 30.6 Å². The zero-order valence-corrected chi connectivity index (χ0v) is 11.0. The van der Waals surface area contributed by atoms with Crippen LogP contribution in [0.2, 0.25) is 0 Å². The fourth-order valence-electron chi connectivity index (χ4n) is 1.57. The number of halogens is 1. The number of aromatic nitrogens is 2. The van der Waals surface area contributed by atoms with Crippen LogP contribution in [0.4, 0.5) is 5.69 Å². The Kier molecular flexibility index (Phi) is 4.01. The molecular weight excluding hydrogens is 270 g/mol. The van der Waals surface area contributed by atoms with Crippen molar-refractivity contribution >= 4 is 17.3 Å². The van der Waals surface area contributed by atoms with Gasteiger partial charge in [0.15, 0.2) is 5.75 Å². The Bertz CT molecular complexity index is 598. The smallest absolute Gasteiger partial charge is 0.311 e. The van der Waals surface area contributed by atoms with Gasteiger partial charge >= 0.3 is 5.69 Å². The molecule has 0 saturated heterocycles. The molecule has 0 spiro atoms. The van der Waals surface area contributed by atoms with Crippen molar-refractivity contribution in [2.75, 3.05) is 0 Å². The van der Waals surface area contributed by atoms with Gasteiger partial charge in [0.2, 0.25) is 5.75 Å². The quantitative estimate of drug-likeness (QED) is 0.479. The summed E-state index contributed by atoms with van der Waals surface area (Å²) in [5.74, 6) is 0.854. The van der Waals surface area contributed by atoms with Crippen molar-refractivity contribution in [1.82, 2.24) is 9.78 Å². The first kappa shape index (κ1) is 13.4. The molecule has 0 N–H and O–H groups in total. The van der Waals surface area contributed by atoms with Crippen molar-refractivity contribution in [1.29, 1.82) is 0 Å². The third-order valence-electron chi connectivity index (χ3n) is 2.54. The van der Waals surface area contributed by atoms with Gasteiger partial charge in [0.25, 0.3) is 0 Å². The van der Waals surface area contributed by atoms with E-state index in [1.807, 2.05) is 6.92 Å². The number of hydrogen-bond acceptors (Lipinski definition) is 4. The van der Waals surface area contributed by atoms with Gasteiger partial charge in [-0.15, -0.1) is 11.6 Å². The maximum Gasteiger partial charge on any atom is 0.311 e. The predicted molar refractivity (Wildman–Crippen MR) is 70.6 cm³/mol. The summed E-state index contributed by atoms with van der Waals surface area (Å²) in [6.07, 6.45) is 3.20. The highest BCUT2D eigenvalue weighted by molar-refractivity contribution is 6.17. The first-order chi connectivity index (χ1) is 9.13. The lowest BCUT2D eigenvalue weighted by Gasteiger charge is -2.05. The second-order valence-corrected chi connectivity index (χ2v) is 4.09. The summed E-state index contributed by atoms with van der Waals surface area (Å²) in [5, 5.41) is 15.0. The summed E-state index contributed by atoms with van der Waals surface area (Å²) in [4.78, 5) is 10.5. The van der Waals surface area contributed by atoms with Gasteiger partial charge in [-0.2, -0.15) is 5.10 Å². The van der Waals surface area contributed by atoms with E-state index in [1.165, 1.54) is 12.3 Å². The second kappa shape index (κ2) is 5.71. The van der Waals surface area contributed by atoms with Gasteiger partial charge in [0.1, 0.15) is 0 Å². The van der Waals surface area contributed by atoms with Crippen LogP contribution in [0.1, 0.15) is 12.5 Å². The molecule has 2 rings (SSSR count). The number of hydrogen-bond donors (Lipinski definition) is 0. The van der Waals surface area contributed by atoms with Gasteiger partial charge in [-0.05, 0) is 18.6 Å². The third kappa shape index (κ3) is 3.03. The first-order valence-corrected chi connectivity index (χ1v) is 6.21. The minimum absolute atomic E-state index is 0.109. The van der Waals surface area contributed by atoms with E-state index in [1.54, 1.807) is 23.0 Å². The van der Waals surface area contributed by atoms with Crippen LogP contribution in [0, 0.1) is 10.1 Å². The molecule has 2 aromatic rings. The summed E-state index contributed by atoms with van der Waals surface area (Å²) in [6.45, 7) is 2.64. The molecule has 0 saturated carbocycles. The lowest BCUT2D eigenvalue weighted by molar-refractivity contribution is -0.385. The first-order valence-electron chi connectivity index (χ1n) is 5.67. The summed E-state index contributed by atoms with van der Waals surface area (Å²) in [6, 6.07) is 4.64. The van der Waals surface area contributed by atoms with E-state index < -0.39 is 4.92 Å². The molecule has 100 valence electrons. The highest BCUT2D eigenvalue weighted by Gasteiger charge is 2.17. The second-order valence-electron chi connectivity index (χ2n) is 3.83. The Hall–Kier alpha value is -2.08. The maximum atomic E-state index is 11.0. The molecule has 0 radical (unpaired) electrons. The minimum Gasteiger partial charge on any atom is -0.447 e. The molecule has 0 aliphatic carbocycles. The van der Waals surface area contributed by atoms with Gasteiger partial charge in [-0.3, -0.25) is 14.8 Å². The number of nitrogens with zero attached hydrogens (tertiary/aromatic N) is 3. The zero-order valence-electron chi connectivity index (χ0n) is 10.2. The van der Waals surface area contributed by atoms with Crippen LogP contribution in [0.25, 0.3) is 0 Å². The number of rotatable bonds is 5. The predicted octanol–water partition coefficient (Wildman–Crippen LogP) is 3.34. The molecule has 0 aliphatic heterocycles. The number of benzene rings is 1.